The highest BCUT2D eigenvalue weighted by atomic mass is 16.5. The van der Waals surface area contributed by atoms with Gasteiger partial charge in [-0.2, -0.15) is 0 Å². The van der Waals surface area contributed by atoms with Crippen LogP contribution in [0.3, 0.4) is 0 Å². The van der Waals surface area contributed by atoms with Crippen molar-refractivity contribution in [3.63, 3.8) is 0 Å². The predicted molar refractivity (Wildman–Crippen MR) is 104 cm³/mol. The van der Waals surface area contributed by atoms with E-state index in [1.807, 2.05) is 47.4 Å². The van der Waals surface area contributed by atoms with Gasteiger partial charge in [0.25, 0.3) is 5.91 Å². The molecular formula is C21H26N2O4. The van der Waals surface area contributed by atoms with Crippen molar-refractivity contribution in [1.29, 1.82) is 0 Å². The first kappa shape index (κ1) is 19.0. The first-order valence-electron chi connectivity index (χ1n) is 9.02. The topological polar surface area (TPSA) is 51.2 Å². The van der Waals surface area contributed by atoms with Gasteiger partial charge in [0, 0.05) is 43.9 Å². The van der Waals surface area contributed by atoms with E-state index in [0.29, 0.717) is 30.3 Å². The second-order valence-electron chi connectivity index (χ2n) is 6.43. The number of benzene rings is 2. The second-order valence-corrected chi connectivity index (χ2v) is 6.43. The molecule has 0 atom stereocenters. The minimum Gasteiger partial charge on any atom is -0.493 e. The van der Waals surface area contributed by atoms with Crippen LogP contribution in [0.1, 0.15) is 15.9 Å². The summed E-state index contributed by atoms with van der Waals surface area (Å²) < 4.78 is 16.4. The lowest BCUT2D eigenvalue weighted by Crippen LogP contribution is -2.48. The fraction of sp³-hybridized carbons (Fsp3) is 0.381. The molecule has 0 bridgehead atoms. The van der Waals surface area contributed by atoms with Gasteiger partial charge in [0.2, 0.25) is 5.75 Å². The summed E-state index contributed by atoms with van der Waals surface area (Å²) in [6, 6.07) is 13.3. The van der Waals surface area contributed by atoms with Gasteiger partial charge in [-0.25, -0.2) is 0 Å². The fourth-order valence-corrected chi connectivity index (χ4v) is 3.40. The van der Waals surface area contributed by atoms with Crippen LogP contribution < -0.4 is 14.2 Å². The highest BCUT2D eigenvalue weighted by molar-refractivity contribution is 5.94. The van der Waals surface area contributed by atoms with Crippen LogP contribution in [0.15, 0.2) is 42.5 Å². The summed E-state index contributed by atoms with van der Waals surface area (Å²) in [4.78, 5) is 16.8. The number of hydrogen-bond acceptors (Lipinski definition) is 5. The molecule has 2 aromatic carbocycles. The normalized spacial score (nSPS) is 14.7. The van der Waals surface area contributed by atoms with Crippen molar-refractivity contribution in [2.45, 2.75) is 6.54 Å². The quantitative estimate of drug-likeness (QED) is 0.783. The molecule has 0 aliphatic carbocycles. The first-order valence-corrected chi connectivity index (χ1v) is 9.02. The smallest absolute Gasteiger partial charge is 0.253 e. The Morgan fingerprint density at radius 3 is 2.11 bits per heavy atom. The molecule has 1 saturated heterocycles. The average molecular weight is 370 g/mol. The van der Waals surface area contributed by atoms with Crippen LogP contribution in [-0.2, 0) is 6.54 Å². The third kappa shape index (κ3) is 4.17. The molecule has 3 rings (SSSR count). The molecule has 1 heterocycles. The van der Waals surface area contributed by atoms with Crippen LogP contribution in [0.25, 0.3) is 0 Å². The zero-order chi connectivity index (χ0) is 19.2. The fourth-order valence-electron chi connectivity index (χ4n) is 3.40. The molecule has 0 unspecified atom stereocenters. The van der Waals surface area contributed by atoms with Crippen LogP contribution in [0, 0.1) is 0 Å². The van der Waals surface area contributed by atoms with Crippen LogP contribution >= 0.6 is 0 Å². The van der Waals surface area contributed by atoms with Crippen molar-refractivity contribution in [2.75, 3.05) is 47.5 Å². The summed E-state index contributed by atoms with van der Waals surface area (Å²) in [7, 11) is 4.86. The van der Waals surface area contributed by atoms with Crippen molar-refractivity contribution in [3.05, 3.63) is 53.6 Å². The molecule has 1 aliphatic heterocycles. The first-order chi connectivity index (χ1) is 13.2. The molecule has 1 amide bonds. The van der Waals surface area contributed by atoms with Crippen LogP contribution in [-0.4, -0.2) is 63.2 Å². The Morgan fingerprint density at radius 1 is 0.852 bits per heavy atom. The van der Waals surface area contributed by atoms with Crippen molar-refractivity contribution >= 4 is 5.91 Å². The molecule has 1 aliphatic rings. The van der Waals surface area contributed by atoms with Gasteiger partial charge in [0.15, 0.2) is 11.5 Å². The maximum absolute atomic E-state index is 12.6. The van der Waals surface area contributed by atoms with E-state index in [9.17, 15) is 4.79 Å². The molecule has 1 fully saturated rings. The summed E-state index contributed by atoms with van der Waals surface area (Å²) in [5.74, 6) is 2.05. The van der Waals surface area contributed by atoms with E-state index in [1.165, 1.54) is 0 Å². The number of carbonyl (C=O) groups is 1. The van der Waals surface area contributed by atoms with Gasteiger partial charge < -0.3 is 19.1 Å². The van der Waals surface area contributed by atoms with Gasteiger partial charge >= 0.3 is 0 Å². The van der Waals surface area contributed by atoms with Crippen LogP contribution in [0.4, 0.5) is 0 Å². The van der Waals surface area contributed by atoms with Crippen molar-refractivity contribution in [2.24, 2.45) is 0 Å². The number of methoxy groups -OCH3 is 3. The van der Waals surface area contributed by atoms with E-state index in [1.54, 1.807) is 21.3 Å². The van der Waals surface area contributed by atoms with Crippen molar-refractivity contribution in [1.82, 2.24) is 9.80 Å². The number of nitrogens with zero attached hydrogens (tertiary/aromatic N) is 2. The van der Waals surface area contributed by atoms with Gasteiger partial charge in [-0.15, -0.1) is 0 Å². The van der Waals surface area contributed by atoms with E-state index in [4.69, 9.17) is 14.2 Å². The standard InChI is InChI=1S/C21H26N2O4/c1-25-18-10-9-17(19(26-2)20(18)27-3)15-22-11-13-23(14-12-22)21(24)16-7-5-4-6-8-16/h4-10H,11-15H2,1-3H3. The Morgan fingerprint density at radius 2 is 1.52 bits per heavy atom. The zero-order valence-corrected chi connectivity index (χ0v) is 16.1. The van der Waals surface area contributed by atoms with Gasteiger partial charge in [-0.05, 0) is 18.2 Å². The lowest BCUT2D eigenvalue weighted by atomic mass is 10.1. The zero-order valence-electron chi connectivity index (χ0n) is 16.1. The summed E-state index contributed by atoms with van der Waals surface area (Å²) in [5, 5.41) is 0. The summed E-state index contributed by atoms with van der Waals surface area (Å²) >= 11 is 0. The number of ether oxygens (including phenoxy) is 3. The molecule has 2 aromatic rings. The summed E-state index contributed by atoms with van der Waals surface area (Å²) in [5.41, 5.74) is 1.78. The minimum absolute atomic E-state index is 0.0962. The van der Waals surface area contributed by atoms with Crippen LogP contribution in [0.2, 0.25) is 0 Å². The maximum Gasteiger partial charge on any atom is 0.253 e. The lowest BCUT2D eigenvalue weighted by Gasteiger charge is -2.35. The Balaban J connectivity index is 1.65. The lowest BCUT2D eigenvalue weighted by molar-refractivity contribution is 0.0627. The third-order valence-corrected chi connectivity index (χ3v) is 4.86. The Kier molecular flexibility index (Phi) is 6.19. The SMILES string of the molecule is COc1ccc(CN2CCN(C(=O)c3ccccc3)CC2)c(OC)c1OC. The van der Waals surface area contributed by atoms with E-state index in [0.717, 1.165) is 30.8 Å². The molecule has 0 saturated carbocycles. The molecular weight excluding hydrogens is 344 g/mol. The second kappa shape index (κ2) is 8.77. The molecule has 6 nitrogen and oxygen atoms in total. The Hall–Kier alpha value is -2.73. The monoisotopic (exact) mass is 370 g/mol. The summed E-state index contributed by atoms with van der Waals surface area (Å²) in [6.07, 6.45) is 0. The average Bonchev–Trinajstić information content (AvgIpc) is 2.73. The maximum atomic E-state index is 12.6. The molecule has 144 valence electrons. The molecule has 6 heteroatoms. The van der Waals surface area contributed by atoms with Crippen molar-refractivity contribution < 1.29 is 19.0 Å². The van der Waals surface area contributed by atoms with Gasteiger partial charge in [0.1, 0.15) is 0 Å². The molecule has 27 heavy (non-hydrogen) atoms. The highest BCUT2D eigenvalue weighted by Crippen LogP contribution is 2.40. The largest absolute Gasteiger partial charge is 0.493 e. The molecule has 0 radical (unpaired) electrons. The number of piperazine rings is 1. The highest BCUT2D eigenvalue weighted by Gasteiger charge is 2.24. The molecule has 0 spiro atoms. The van der Waals surface area contributed by atoms with E-state index in [2.05, 4.69) is 4.90 Å². The summed E-state index contributed by atoms with van der Waals surface area (Å²) in [6.45, 7) is 3.79. The van der Waals surface area contributed by atoms with Gasteiger partial charge in [-0.1, -0.05) is 24.3 Å². The van der Waals surface area contributed by atoms with E-state index < -0.39 is 0 Å². The number of amides is 1. The third-order valence-electron chi connectivity index (χ3n) is 4.86. The van der Waals surface area contributed by atoms with Gasteiger partial charge in [0.05, 0.1) is 21.3 Å². The molecule has 0 aromatic heterocycles. The Bertz CT molecular complexity index is 771. The molecule has 0 N–H and O–H groups in total. The van der Waals surface area contributed by atoms with Crippen LogP contribution in [0.5, 0.6) is 17.2 Å². The number of rotatable bonds is 6. The van der Waals surface area contributed by atoms with Gasteiger partial charge in [-0.3, -0.25) is 9.69 Å². The number of hydrogen-bond donors (Lipinski definition) is 0. The van der Waals surface area contributed by atoms with E-state index >= 15 is 0 Å². The van der Waals surface area contributed by atoms with Crippen molar-refractivity contribution in [3.8, 4) is 17.2 Å². The minimum atomic E-state index is 0.0962. The predicted octanol–water partition coefficient (Wildman–Crippen LogP) is 2.67. The Labute approximate surface area is 160 Å². The van der Waals surface area contributed by atoms with E-state index in [-0.39, 0.29) is 5.91 Å². The number of carbonyl (C=O) groups excluding carboxylic acids is 1.